The SMILES string of the molecule is CCCN(CC(=O)N1CCc2sccc2[C@@H]1COc1ccc(C)cc1)C[C@H](O)COCc1ccccc1. The standard InChI is InChI=1S/C30H38N2O4S/c1-3-15-31(18-25(33)21-35-20-24-7-5-4-6-8-24)19-30(34)32-16-13-29-27(14-17-37-29)28(32)22-36-26-11-9-23(2)10-12-26/h4-12,14,17,25,28,33H,3,13,15-16,18-22H2,1-2H3/t25-,28-/m0/s1. The van der Waals surface area contributed by atoms with Crippen LogP contribution in [0.1, 0.15) is 41.0 Å². The fourth-order valence-electron chi connectivity index (χ4n) is 4.76. The number of hydrogen-bond donors (Lipinski definition) is 1. The van der Waals surface area contributed by atoms with E-state index < -0.39 is 6.10 Å². The normalized spacial score (nSPS) is 16.0. The number of carbonyl (C=O) groups is 1. The van der Waals surface area contributed by atoms with Crippen molar-refractivity contribution in [1.29, 1.82) is 0 Å². The van der Waals surface area contributed by atoms with Gasteiger partial charge < -0.3 is 19.5 Å². The van der Waals surface area contributed by atoms with Crippen molar-refractivity contribution >= 4 is 17.2 Å². The highest BCUT2D eigenvalue weighted by molar-refractivity contribution is 7.10. The van der Waals surface area contributed by atoms with Crippen molar-refractivity contribution in [3.05, 3.63) is 87.6 Å². The molecule has 0 bridgehead atoms. The summed E-state index contributed by atoms with van der Waals surface area (Å²) in [5, 5.41) is 12.7. The first-order valence-corrected chi connectivity index (χ1v) is 14.0. The Labute approximate surface area is 224 Å². The number of aliphatic hydroxyl groups excluding tert-OH is 1. The monoisotopic (exact) mass is 522 g/mol. The maximum absolute atomic E-state index is 13.6. The van der Waals surface area contributed by atoms with Gasteiger partial charge in [0.15, 0.2) is 0 Å². The molecule has 198 valence electrons. The third kappa shape index (κ3) is 7.89. The second-order valence-corrected chi connectivity index (χ2v) is 10.7. The van der Waals surface area contributed by atoms with E-state index >= 15 is 0 Å². The maximum Gasteiger partial charge on any atom is 0.237 e. The van der Waals surface area contributed by atoms with Crippen molar-refractivity contribution in [2.24, 2.45) is 0 Å². The first-order chi connectivity index (χ1) is 18.0. The summed E-state index contributed by atoms with van der Waals surface area (Å²) in [6, 6.07) is 20.0. The van der Waals surface area contributed by atoms with Gasteiger partial charge in [-0.3, -0.25) is 9.69 Å². The third-order valence-corrected chi connectivity index (χ3v) is 7.63. The molecule has 1 aliphatic heterocycles. The predicted molar refractivity (Wildman–Crippen MR) is 148 cm³/mol. The summed E-state index contributed by atoms with van der Waals surface area (Å²) in [7, 11) is 0. The number of benzene rings is 2. The maximum atomic E-state index is 13.6. The van der Waals surface area contributed by atoms with E-state index in [4.69, 9.17) is 9.47 Å². The zero-order valence-electron chi connectivity index (χ0n) is 21.8. The zero-order valence-corrected chi connectivity index (χ0v) is 22.7. The zero-order chi connectivity index (χ0) is 26.0. The van der Waals surface area contributed by atoms with Gasteiger partial charge in [0, 0.05) is 18.0 Å². The lowest BCUT2D eigenvalue weighted by Gasteiger charge is -2.37. The number of thiophene rings is 1. The first kappa shape index (κ1) is 27.3. The summed E-state index contributed by atoms with van der Waals surface area (Å²) in [6.45, 7) is 7.34. The smallest absolute Gasteiger partial charge is 0.237 e. The molecule has 2 aromatic carbocycles. The van der Waals surface area contributed by atoms with E-state index in [0.717, 1.165) is 30.7 Å². The molecule has 1 amide bonds. The van der Waals surface area contributed by atoms with Crippen LogP contribution >= 0.6 is 11.3 Å². The van der Waals surface area contributed by atoms with E-state index in [1.54, 1.807) is 11.3 Å². The van der Waals surface area contributed by atoms with E-state index in [1.807, 2.05) is 64.4 Å². The van der Waals surface area contributed by atoms with Crippen molar-refractivity contribution in [2.45, 2.75) is 45.4 Å². The molecule has 7 heteroatoms. The van der Waals surface area contributed by atoms with Gasteiger partial charge in [-0.2, -0.15) is 0 Å². The second-order valence-electron chi connectivity index (χ2n) is 9.67. The van der Waals surface area contributed by atoms with Crippen LogP contribution in [0.5, 0.6) is 5.75 Å². The topological polar surface area (TPSA) is 62.2 Å². The molecule has 0 aliphatic carbocycles. The number of hydrogen-bond acceptors (Lipinski definition) is 6. The van der Waals surface area contributed by atoms with Gasteiger partial charge in [0.05, 0.1) is 31.9 Å². The molecule has 0 unspecified atom stereocenters. The minimum Gasteiger partial charge on any atom is -0.491 e. The summed E-state index contributed by atoms with van der Waals surface area (Å²) in [5.74, 6) is 0.881. The third-order valence-electron chi connectivity index (χ3n) is 6.63. The molecule has 0 fully saturated rings. The van der Waals surface area contributed by atoms with E-state index in [9.17, 15) is 9.90 Å². The van der Waals surface area contributed by atoms with Crippen LogP contribution < -0.4 is 4.74 Å². The molecule has 37 heavy (non-hydrogen) atoms. The van der Waals surface area contributed by atoms with Crippen LogP contribution in [0.4, 0.5) is 0 Å². The molecule has 0 saturated heterocycles. The number of fused-ring (bicyclic) bond motifs is 1. The van der Waals surface area contributed by atoms with Gasteiger partial charge in [-0.05, 0) is 61.0 Å². The van der Waals surface area contributed by atoms with Gasteiger partial charge in [-0.25, -0.2) is 0 Å². The summed E-state index contributed by atoms with van der Waals surface area (Å²) in [6.07, 6.45) is 1.11. The van der Waals surface area contributed by atoms with Gasteiger partial charge in [0.1, 0.15) is 12.4 Å². The van der Waals surface area contributed by atoms with E-state index in [0.29, 0.717) is 26.3 Å². The molecule has 1 aromatic heterocycles. The van der Waals surface area contributed by atoms with Crippen LogP contribution in [-0.2, 0) is 22.6 Å². The highest BCUT2D eigenvalue weighted by Gasteiger charge is 2.33. The fourth-order valence-corrected chi connectivity index (χ4v) is 5.68. The van der Waals surface area contributed by atoms with Gasteiger partial charge >= 0.3 is 0 Å². The van der Waals surface area contributed by atoms with Crippen LogP contribution in [0.25, 0.3) is 0 Å². The highest BCUT2D eigenvalue weighted by Crippen LogP contribution is 2.34. The summed E-state index contributed by atoms with van der Waals surface area (Å²) >= 11 is 1.75. The Hall–Kier alpha value is -2.71. The number of ether oxygens (including phenoxy) is 2. The lowest BCUT2D eigenvalue weighted by atomic mass is 10.0. The molecule has 3 aromatic rings. The van der Waals surface area contributed by atoms with Crippen molar-refractivity contribution in [3.8, 4) is 5.75 Å². The molecular weight excluding hydrogens is 484 g/mol. The van der Waals surface area contributed by atoms with Crippen LogP contribution in [0.2, 0.25) is 0 Å². The predicted octanol–water partition coefficient (Wildman–Crippen LogP) is 4.85. The number of aliphatic hydroxyl groups is 1. The molecule has 0 radical (unpaired) electrons. The number of rotatable bonds is 13. The van der Waals surface area contributed by atoms with Gasteiger partial charge in [-0.15, -0.1) is 11.3 Å². The molecule has 0 saturated carbocycles. The van der Waals surface area contributed by atoms with Crippen molar-refractivity contribution < 1.29 is 19.4 Å². The minimum absolute atomic E-state index is 0.0696. The van der Waals surface area contributed by atoms with Crippen LogP contribution in [-0.4, -0.2) is 66.3 Å². The average molecular weight is 523 g/mol. The quantitative estimate of drug-likeness (QED) is 0.348. The lowest BCUT2D eigenvalue weighted by molar-refractivity contribution is -0.136. The van der Waals surface area contributed by atoms with Crippen molar-refractivity contribution in [2.75, 3.05) is 39.4 Å². The Morgan fingerprint density at radius 1 is 1.16 bits per heavy atom. The number of carbonyl (C=O) groups excluding carboxylic acids is 1. The van der Waals surface area contributed by atoms with E-state index in [-0.39, 0.29) is 25.1 Å². The first-order valence-electron chi connectivity index (χ1n) is 13.1. The molecule has 6 nitrogen and oxygen atoms in total. The molecule has 2 atom stereocenters. The van der Waals surface area contributed by atoms with Gasteiger partial charge in [0.2, 0.25) is 5.91 Å². The van der Waals surface area contributed by atoms with Crippen molar-refractivity contribution in [1.82, 2.24) is 9.80 Å². The van der Waals surface area contributed by atoms with Crippen LogP contribution in [0, 0.1) is 6.92 Å². The summed E-state index contributed by atoms with van der Waals surface area (Å²) in [5.41, 5.74) is 3.45. The molecule has 1 N–H and O–H groups in total. The minimum atomic E-state index is -0.659. The van der Waals surface area contributed by atoms with Crippen LogP contribution in [0.15, 0.2) is 66.0 Å². The molecule has 0 spiro atoms. The molecule has 2 heterocycles. The van der Waals surface area contributed by atoms with E-state index in [2.05, 4.69) is 25.3 Å². The number of nitrogens with zero attached hydrogens (tertiary/aromatic N) is 2. The Balaban J connectivity index is 1.35. The Morgan fingerprint density at radius 3 is 2.70 bits per heavy atom. The number of aryl methyl sites for hydroxylation is 1. The Morgan fingerprint density at radius 2 is 1.95 bits per heavy atom. The van der Waals surface area contributed by atoms with Gasteiger partial charge in [0.25, 0.3) is 0 Å². The average Bonchev–Trinajstić information content (AvgIpc) is 3.38. The summed E-state index contributed by atoms with van der Waals surface area (Å²) in [4.78, 5) is 18.9. The Bertz CT molecular complexity index is 1100. The summed E-state index contributed by atoms with van der Waals surface area (Å²) < 4.78 is 11.9. The Kier molecular flexibility index (Phi) is 10.1. The highest BCUT2D eigenvalue weighted by atomic mass is 32.1. The fraction of sp³-hybridized carbons (Fsp3) is 0.433. The molecule has 4 rings (SSSR count). The largest absolute Gasteiger partial charge is 0.491 e. The lowest BCUT2D eigenvalue weighted by Crippen LogP contribution is -2.48. The second kappa shape index (κ2) is 13.7. The molecule has 1 aliphatic rings. The van der Waals surface area contributed by atoms with E-state index in [1.165, 1.54) is 16.0 Å². The van der Waals surface area contributed by atoms with Crippen molar-refractivity contribution in [3.63, 3.8) is 0 Å². The van der Waals surface area contributed by atoms with Gasteiger partial charge in [-0.1, -0.05) is 55.0 Å². The number of amides is 1. The molecular formula is C30H38N2O4S. The van der Waals surface area contributed by atoms with Crippen LogP contribution in [0.3, 0.4) is 0 Å².